The first-order valence-electron chi connectivity index (χ1n) is 11.0. The van der Waals surface area contributed by atoms with Crippen molar-refractivity contribution in [1.29, 1.82) is 0 Å². The molecular formula is C23H29N5O3S. The first-order chi connectivity index (χ1) is 15.3. The van der Waals surface area contributed by atoms with Gasteiger partial charge in [-0.1, -0.05) is 18.9 Å². The van der Waals surface area contributed by atoms with Crippen molar-refractivity contribution in [3.05, 3.63) is 47.8 Å². The van der Waals surface area contributed by atoms with Crippen molar-refractivity contribution in [2.24, 2.45) is 0 Å². The van der Waals surface area contributed by atoms with E-state index in [4.69, 9.17) is 0 Å². The third-order valence-electron chi connectivity index (χ3n) is 5.81. The van der Waals surface area contributed by atoms with Gasteiger partial charge in [-0.05, 0) is 57.4 Å². The van der Waals surface area contributed by atoms with Crippen molar-refractivity contribution >= 4 is 32.7 Å². The van der Waals surface area contributed by atoms with Crippen LogP contribution < -0.4 is 5.32 Å². The zero-order chi connectivity index (χ0) is 22.9. The van der Waals surface area contributed by atoms with Gasteiger partial charge in [0.1, 0.15) is 0 Å². The first-order valence-corrected chi connectivity index (χ1v) is 12.5. The van der Waals surface area contributed by atoms with Gasteiger partial charge in [-0.25, -0.2) is 18.1 Å². The Kier molecular flexibility index (Phi) is 6.30. The molecule has 9 heteroatoms. The molecule has 32 heavy (non-hydrogen) atoms. The summed E-state index contributed by atoms with van der Waals surface area (Å²) in [5, 5.41) is 7.93. The molecule has 1 N–H and O–H groups in total. The summed E-state index contributed by atoms with van der Waals surface area (Å²) >= 11 is 0. The number of anilines is 1. The van der Waals surface area contributed by atoms with Gasteiger partial charge in [0.2, 0.25) is 10.0 Å². The van der Waals surface area contributed by atoms with Crippen LogP contribution in [0.5, 0.6) is 0 Å². The van der Waals surface area contributed by atoms with Gasteiger partial charge in [0.05, 0.1) is 16.7 Å². The standard InChI is InChI=1S/C23H29N5O3S/c1-16(2)28-22-18(15-25-28)12-19(14-24-22)23(29)26-20-9-8-17(3)21(13-20)32(30,31)27-10-6-4-5-7-11-27/h8-9,12-16H,4-7,10-11H2,1-3H3,(H,26,29). The summed E-state index contributed by atoms with van der Waals surface area (Å²) < 4.78 is 29.9. The number of benzene rings is 1. The molecule has 3 aromatic rings. The minimum absolute atomic E-state index is 0.164. The largest absolute Gasteiger partial charge is 0.322 e. The second kappa shape index (κ2) is 8.99. The van der Waals surface area contributed by atoms with Gasteiger partial charge in [0.15, 0.2) is 5.65 Å². The van der Waals surface area contributed by atoms with Crippen molar-refractivity contribution < 1.29 is 13.2 Å². The fraction of sp³-hybridized carbons (Fsp3) is 0.435. The monoisotopic (exact) mass is 455 g/mol. The number of nitrogens with zero attached hydrogens (tertiary/aromatic N) is 4. The SMILES string of the molecule is Cc1ccc(NC(=O)c2cnc3c(cnn3C(C)C)c2)cc1S(=O)(=O)N1CCCCCC1. The predicted octanol–water partition coefficient (Wildman–Crippen LogP) is 4.14. The summed E-state index contributed by atoms with van der Waals surface area (Å²) in [6.45, 7) is 6.88. The second-order valence-electron chi connectivity index (χ2n) is 8.57. The van der Waals surface area contributed by atoms with E-state index in [9.17, 15) is 13.2 Å². The minimum Gasteiger partial charge on any atom is -0.322 e. The van der Waals surface area contributed by atoms with E-state index in [0.717, 1.165) is 36.7 Å². The van der Waals surface area contributed by atoms with Crippen molar-refractivity contribution in [2.45, 2.75) is 57.4 Å². The van der Waals surface area contributed by atoms with Gasteiger partial charge in [-0.15, -0.1) is 0 Å². The van der Waals surface area contributed by atoms with E-state index < -0.39 is 10.0 Å². The number of hydrogen-bond donors (Lipinski definition) is 1. The number of amides is 1. The molecule has 8 nitrogen and oxygen atoms in total. The highest BCUT2D eigenvalue weighted by atomic mass is 32.2. The molecule has 0 spiro atoms. The van der Waals surface area contributed by atoms with Crippen LogP contribution in [0.4, 0.5) is 5.69 Å². The summed E-state index contributed by atoms with van der Waals surface area (Å²) in [6, 6.07) is 6.91. The van der Waals surface area contributed by atoms with Crippen LogP contribution in [0.1, 0.15) is 61.5 Å². The number of rotatable bonds is 5. The molecular weight excluding hydrogens is 426 g/mol. The lowest BCUT2D eigenvalue weighted by molar-refractivity contribution is 0.102. The highest BCUT2D eigenvalue weighted by molar-refractivity contribution is 7.89. The number of aromatic nitrogens is 3. The number of carbonyl (C=O) groups is 1. The minimum atomic E-state index is -3.61. The molecule has 3 heterocycles. The van der Waals surface area contributed by atoms with E-state index in [2.05, 4.69) is 15.4 Å². The molecule has 1 amide bonds. The van der Waals surface area contributed by atoms with E-state index in [-0.39, 0.29) is 16.8 Å². The maximum Gasteiger partial charge on any atom is 0.257 e. The number of fused-ring (bicyclic) bond motifs is 1. The molecule has 4 rings (SSSR count). The Morgan fingerprint density at radius 3 is 2.47 bits per heavy atom. The van der Waals surface area contributed by atoms with E-state index in [1.165, 1.54) is 6.20 Å². The number of pyridine rings is 1. The number of aryl methyl sites for hydroxylation is 1. The number of sulfonamides is 1. The summed E-state index contributed by atoms with van der Waals surface area (Å²) in [7, 11) is -3.61. The first kappa shape index (κ1) is 22.4. The Morgan fingerprint density at radius 1 is 1.06 bits per heavy atom. The van der Waals surface area contributed by atoms with Crippen molar-refractivity contribution in [3.8, 4) is 0 Å². The topological polar surface area (TPSA) is 97.2 Å². The van der Waals surface area contributed by atoms with Crippen LogP contribution in [0.25, 0.3) is 11.0 Å². The summed E-state index contributed by atoms with van der Waals surface area (Å²) in [4.78, 5) is 17.5. The maximum absolute atomic E-state index is 13.3. The Morgan fingerprint density at radius 2 is 1.78 bits per heavy atom. The summed E-state index contributed by atoms with van der Waals surface area (Å²) in [5.41, 5.74) is 2.21. The van der Waals surface area contributed by atoms with Gasteiger partial charge >= 0.3 is 0 Å². The highest BCUT2D eigenvalue weighted by Crippen LogP contribution is 2.26. The molecule has 1 aromatic carbocycles. The Labute approximate surface area is 188 Å². The molecule has 0 saturated carbocycles. The van der Waals surface area contributed by atoms with Crippen LogP contribution in [0, 0.1) is 6.92 Å². The average Bonchev–Trinajstić information content (AvgIpc) is 2.99. The smallest absolute Gasteiger partial charge is 0.257 e. The zero-order valence-electron chi connectivity index (χ0n) is 18.7. The second-order valence-corrected chi connectivity index (χ2v) is 10.5. The third kappa shape index (κ3) is 4.40. The molecule has 0 bridgehead atoms. The van der Waals surface area contributed by atoms with E-state index in [1.807, 2.05) is 13.8 Å². The van der Waals surface area contributed by atoms with Crippen LogP contribution in [0.15, 0.2) is 41.6 Å². The van der Waals surface area contributed by atoms with Gasteiger partial charge in [-0.2, -0.15) is 9.40 Å². The molecule has 0 atom stereocenters. The molecule has 0 radical (unpaired) electrons. The van der Waals surface area contributed by atoms with Crippen molar-refractivity contribution in [2.75, 3.05) is 18.4 Å². The molecule has 170 valence electrons. The van der Waals surface area contributed by atoms with Gasteiger partial charge in [0, 0.05) is 36.4 Å². The average molecular weight is 456 g/mol. The molecule has 0 aliphatic carbocycles. The molecule has 0 unspecified atom stereocenters. The molecule has 1 saturated heterocycles. The van der Waals surface area contributed by atoms with Gasteiger partial charge < -0.3 is 5.32 Å². The molecule has 1 aliphatic heterocycles. The Bertz CT molecular complexity index is 1240. The van der Waals surface area contributed by atoms with Crippen molar-refractivity contribution in [1.82, 2.24) is 19.1 Å². The normalized spacial score (nSPS) is 15.8. The number of carbonyl (C=O) groups excluding carboxylic acids is 1. The molecule has 1 fully saturated rings. The number of hydrogen-bond acceptors (Lipinski definition) is 5. The fourth-order valence-corrected chi connectivity index (χ4v) is 5.79. The van der Waals surface area contributed by atoms with E-state index >= 15 is 0 Å². The van der Waals surface area contributed by atoms with E-state index in [1.54, 1.807) is 46.4 Å². The van der Waals surface area contributed by atoms with Crippen LogP contribution in [0.3, 0.4) is 0 Å². The Balaban J connectivity index is 1.58. The van der Waals surface area contributed by atoms with Crippen LogP contribution in [-0.2, 0) is 10.0 Å². The van der Waals surface area contributed by atoms with E-state index in [0.29, 0.717) is 29.9 Å². The van der Waals surface area contributed by atoms with Crippen LogP contribution in [-0.4, -0.2) is 46.5 Å². The highest BCUT2D eigenvalue weighted by Gasteiger charge is 2.27. The summed E-state index contributed by atoms with van der Waals surface area (Å²) in [5.74, 6) is -0.348. The van der Waals surface area contributed by atoms with Crippen molar-refractivity contribution in [3.63, 3.8) is 0 Å². The molecule has 1 aliphatic rings. The quantitative estimate of drug-likeness (QED) is 0.624. The van der Waals surface area contributed by atoms with Gasteiger partial charge in [-0.3, -0.25) is 4.79 Å². The molecule has 2 aromatic heterocycles. The summed E-state index contributed by atoms with van der Waals surface area (Å²) in [6.07, 6.45) is 7.05. The van der Waals surface area contributed by atoms with Gasteiger partial charge in [0.25, 0.3) is 5.91 Å². The zero-order valence-corrected chi connectivity index (χ0v) is 19.5. The maximum atomic E-state index is 13.3. The Hall–Kier alpha value is -2.78. The lowest BCUT2D eigenvalue weighted by atomic mass is 10.2. The lowest BCUT2D eigenvalue weighted by Gasteiger charge is -2.21. The number of nitrogens with one attached hydrogen (secondary N) is 1. The predicted molar refractivity (Wildman–Crippen MR) is 124 cm³/mol. The third-order valence-corrected chi connectivity index (χ3v) is 7.85. The van der Waals surface area contributed by atoms with Crippen LogP contribution >= 0.6 is 0 Å². The fourth-order valence-electron chi connectivity index (χ4n) is 4.02. The lowest BCUT2D eigenvalue weighted by Crippen LogP contribution is -2.32. The van der Waals surface area contributed by atoms with Crippen LogP contribution in [0.2, 0.25) is 0 Å².